The molecule has 0 saturated heterocycles. The predicted molar refractivity (Wildman–Crippen MR) is 79.4 cm³/mol. The maximum absolute atomic E-state index is 11.3. The standard InChI is InChI=1S/C14H15N3O3S/c1-14(2,13(18)19)21-12-10(7-15-8-17-12)9-4-5-11(20-3)16-6-9/h4-8H,1-3H3,(H,18,19). The Morgan fingerprint density at radius 2 is 2.05 bits per heavy atom. The summed E-state index contributed by atoms with van der Waals surface area (Å²) in [6.45, 7) is 3.27. The van der Waals surface area contributed by atoms with Gasteiger partial charge >= 0.3 is 5.97 Å². The summed E-state index contributed by atoms with van der Waals surface area (Å²) in [6, 6.07) is 3.57. The maximum Gasteiger partial charge on any atom is 0.319 e. The third kappa shape index (κ3) is 3.49. The summed E-state index contributed by atoms with van der Waals surface area (Å²) >= 11 is 1.18. The van der Waals surface area contributed by atoms with Crippen LogP contribution in [0.4, 0.5) is 0 Å². The second kappa shape index (κ2) is 6.09. The van der Waals surface area contributed by atoms with Crippen molar-refractivity contribution in [1.82, 2.24) is 15.0 Å². The van der Waals surface area contributed by atoms with Crippen LogP contribution in [0.2, 0.25) is 0 Å². The summed E-state index contributed by atoms with van der Waals surface area (Å²) in [4.78, 5) is 23.6. The highest BCUT2D eigenvalue weighted by molar-refractivity contribution is 8.01. The van der Waals surface area contributed by atoms with E-state index in [-0.39, 0.29) is 0 Å². The molecular formula is C14H15N3O3S. The number of hydrogen-bond donors (Lipinski definition) is 1. The third-order valence-electron chi connectivity index (χ3n) is 2.80. The Labute approximate surface area is 126 Å². The molecule has 0 atom stereocenters. The van der Waals surface area contributed by atoms with Crippen LogP contribution in [0.25, 0.3) is 11.1 Å². The second-order valence-corrected chi connectivity index (χ2v) is 6.36. The molecule has 0 aliphatic heterocycles. The fourth-order valence-corrected chi connectivity index (χ4v) is 2.49. The molecule has 0 amide bonds. The number of hydrogen-bond acceptors (Lipinski definition) is 6. The summed E-state index contributed by atoms with van der Waals surface area (Å²) in [5.74, 6) is -0.388. The zero-order valence-corrected chi connectivity index (χ0v) is 12.7. The van der Waals surface area contributed by atoms with E-state index in [1.807, 2.05) is 6.07 Å². The first kappa shape index (κ1) is 15.2. The van der Waals surface area contributed by atoms with E-state index in [4.69, 9.17) is 4.74 Å². The topological polar surface area (TPSA) is 85.2 Å². The lowest BCUT2D eigenvalue weighted by molar-refractivity contribution is -0.138. The predicted octanol–water partition coefficient (Wildman–Crippen LogP) is 2.50. The van der Waals surface area contributed by atoms with E-state index >= 15 is 0 Å². The molecule has 2 aromatic heterocycles. The van der Waals surface area contributed by atoms with E-state index in [1.54, 1.807) is 39.4 Å². The van der Waals surface area contributed by atoms with Gasteiger partial charge in [-0.25, -0.2) is 15.0 Å². The number of carbonyl (C=O) groups is 1. The quantitative estimate of drug-likeness (QED) is 0.671. The number of thioether (sulfide) groups is 1. The van der Waals surface area contributed by atoms with Gasteiger partial charge in [0.2, 0.25) is 5.88 Å². The van der Waals surface area contributed by atoms with Gasteiger partial charge in [-0.2, -0.15) is 0 Å². The Morgan fingerprint density at radius 3 is 2.62 bits per heavy atom. The Morgan fingerprint density at radius 1 is 1.29 bits per heavy atom. The van der Waals surface area contributed by atoms with E-state index in [0.29, 0.717) is 10.9 Å². The van der Waals surface area contributed by atoms with Gasteiger partial charge in [-0.05, 0) is 19.9 Å². The van der Waals surface area contributed by atoms with Gasteiger partial charge in [0.15, 0.2) is 0 Å². The monoisotopic (exact) mass is 305 g/mol. The first-order valence-corrected chi connectivity index (χ1v) is 6.98. The van der Waals surface area contributed by atoms with Crippen molar-refractivity contribution >= 4 is 17.7 Å². The lowest BCUT2D eigenvalue weighted by Gasteiger charge is -2.19. The van der Waals surface area contributed by atoms with Crippen LogP contribution >= 0.6 is 11.8 Å². The molecule has 0 aromatic carbocycles. The maximum atomic E-state index is 11.3. The number of pyridine rings is 1. The van der Waals surface area contributed by atoms with Crippen LogP contribution in [0.1, 0.15) is 13.8 Å². The van der Waals surface area contributed by atoms with Crippen molar-refractivity contribution in [2.24, 2.45) is 0 Å². The Bertz CT molecular complexity index is 644. The van der Waals surface area contributed by atoms with Crippen LogP contribution in [-0.4, -0.2) is 37.9 Å². The van der Waals surface area contributed by atoms with Crippen molar-refractivity contribution in [2.45, 2.75) is 23.6 Å². The van der Waals surface area contributed by atoms with Crippen molar-refractivity contribution in [1.29, 1.82) is 0 Å². The molecule has 2 heterocycles. The van der Waals surface area contributed by atoms with Gasteiger partial charge < -0.3 is 9.84 Å². The van der Waals surface area contributed by atoms with Crippen LogP contribution < -0.4 is 4.74 Å². The summed E-state index contributed by atoms with van der Waals surface area (Å²) < 4.78 is 4.04. The van der Waals surface area contributed by atoms with Gasteiger partial charge in [-0.15, -0.1) is 0 Å². The average molecular weight is 305 g/mol. The molecule has 7 heteroatoms. The molecule has 0 aliphatic rings. The minimum atomic E-state index is -0.983. The molecule has 0 fully saturated rings. The summed E-state index contributed by atoms with van der Waals surface area (Å²) in [7, 11) is 1.55. The summed E-state index contributed by atoms with van der Waals surface area (Å²) in [5.41, 5.74) is 1.55. The molecule has 110 valence electrons. The van der Waals surface area contributed by atoms with Crippen molar-refractivity contribution < 1.29 is 14.6 Å². The third-order valence-corrected chi connectivity index (χ3v) is 4.00. The summed E-state index contributed by atoms with van der Waals surface area (Å²) in [6.07, 6.45) is 4.70. The molecule has 0 saturated carbocycles. The minimum Gasteiger partial charge on any atom is -0.481 e. The lowest BCUT2D eigenvalue weighted by atomic mass is 10.1. The molecule has 6 nitrogen and oxygen atoms in total. The lowest BCUT2D eigenvalue weighted by Crippen LogP contribution is -2.27. The molecule has 2 aromatic rings. The first-order valence-electron chi connectivity index (χ1n) is 6.17. The smallest absolute Gasteiger partial charge is 0.319 e. The molecule has 0 spiro atoms. The number of rotatable bonds is 5. The highest BCUT2D eigenvalue weighted by atomic mass is 32.2. The van der Waals surface area contributed by atoms with Crippen molar-refractivity contribution in [3.05, 3.63) is 30.9 Å². The first-order chi connectivity index (χ1) is 9.94. The average Bonchev–Trinajstić information content (AvgIpc) is 2.47. The number of methoxy groups -OCH3 is 1. The van der Waals surface area contributed by atoms with E-state index in [0.717, 1.165) is 11.1 Å². The summed E-state index contributed by atoms with van der Waals surface area (Å²) in [5, 5.41) is 9.84. The van der Waals surface area contributed by atoms with Gasteiger partial charge in [0.25, 0.3) is 0 Å². The highest BCUT2D eigenvalue weighted by Gasteiger charge is 2.30. The van der Waals surface area contributed by atoms with Gasteiger partial charge in [-0.3, -0.25) is 4.79 Å². The van der Waals surface area contributed by atoms with Gasteiger partial charge in [0.05, 0.1) is 7.11 Å². The Balaban J connectivity index is 2.38. The van der Waals surface area contributed by atoms with Crippen LogP contribution in [0, 0.1) is 0 Å². The number of carboxylic acids is 1. The van der Waals surface area contributed by atoms with Crippen molar-refractivity contribution in [3.8, 4) is 17.0 Å². The highest BCUT2D eigenvalue weighted by Crippen LogP contribution is 2.37. The van der Waals surface area contributed by atoms with E-state index in [9.17, 15) is 9.90 Å². The number of ether oxygens (including phenoxy) is 1. The fourth-order valence-electron chi connectivity index (χ4n) is 1.54. The zero-order chi connectivity index (χ0) is 15.5. The Kier molecular flexibility index (Phi) is 4.42. The van der Waals surface area contributed by atoms with Gasteiger partial charge in [0, 0.05) is 29.6 Å². The van der Waals surface area contributed by atoms with E-state index < -0.39 is 10.7 Å². The van der Waals surface area contributed by atoms with Gasteiger partial charge in [-0.1, -0.05) is 11.8 Å². The van der Waals surface area contributed by atoms with Crippen molar-refractivity contribution in [3.63, 3.8) is 0 Å². The van der Waals surface area contributed by atoms with Gasteiger partial charge in [0.1, 0.15) is 16.1 Å². The number of nitrogens with zero attached hydrogens (tertiary/aromatic N) is 3. The zero-order valence-electron chi connectivity index (χ0n) is 11.9. The second-order valence-electron chi connectivity index (χ2n) is 4.75. The minimum absolute atomic E-state index is 0.510. The van der Waals surface area contributed by atoms with E-state index in [2.05, 4.69) is 15.0 Å². The largest absolute Gasteiger partial charge is 0.481 e. The van der Waals surface area contributed by atoms with E-state index in [1.165, 1.54) is 18.1 Å². The SMILES string of the molecule is COc1ccc(-c2cncnc2SC(C)(C)C(=O)O)cn1. The van der Waals surface area contributed by atoms with Crippen molar-refractivity contribution in [2.75, 3.05) is 7.11 Å². The van der Waals surface area contributed by atoms with Crippen LogP contribution in [0.5, 0.6) is 5.88 Å². The molecule has 0 radical (unpaired) electrons. The number of aromatic nitrogens is 3. The molecule has 21 heavy (non-hydrogen) atoms. The van der Waals surface area contributed by atoms with Crippen LogP contribution in [-0.2, 0) is 4.79 Å². The Hall–Kier alpha value is -2.15. The normalized spacial score (nSPS) is 11.2. The molecule has 1 N–H and O–H groups in total. The fraction of sp³-hybridized carbons (Fsp3) is 0.286. The molecule has 0 aliphatic carbocycles. The molecule has 0 bridgehead atoms. The van der Waals surface area contributed by atoms with Crippen LogP contribution in [0.3, 0.4) is 0 Å². The number of carboxylic acid groups (broad SMARTS) is 1. The van der Waals surface area contributed by atoms with Crippen LogP contribution in [0.15, 0.2) is 35.9 Å². The molecular weight excluding hydrogens is 290 g/mol. The molecule has 0 unspecified atom stereocenters. The molecule has 2 rings (SSSR count). The number of aliphatic carboxylic acids is 1.